The molecular weight excluding hydrogens is 224 g/mol. The molecule has 0 saturated carbocycles. The lowest BCUT2D eigenvalue weighted by atomic mass is 10.2. The van der Waals surface area contributed by atoms with Gasteiger partial charge < -0.3 is 0 Å². The molecule has 4 nitrogen and oxygen atoms in total. The molecule has 16 heavy (non-hydrogen) atoms. The van der Waals surface area contributed by atoms with E-state index >= 15 is 0 Å². The normalized spacial score (nSPS) is 12.8. The second-order valence-electron chi connectivity index (χ2n) is 3.54. The first-order valence-corrected chi connectivity index (χ1v) is 6.72. The molecule has 0 spiro atoms. The second kappa shape index (κ2) is 5.77. The lowest BCUT2D eigenvalue weighted by Gasteiger charge is -2.04. The van der Waals surface area contributed by atoms with E-state index in [1.54, 1.807) is 30.6 Å². The number of unbranched alkanes of at least 4 members (excludes halogenated alkanes) is 1. The highest BCUT2D eigenvalue weighted by atomic mass is 32.2. The predicted molar refractivity (Wildman–Crippen MR) is 64.8 cm³/mol. The van der Waals surface area contributed by atoms with Crippen molar-refractivity contribution in [2.75, 3.05) is 0 Å². The summed E-state index contributed by atoms with van der Waals surface area (Å²) in [5.74, 6) is 0. The molecule has 1 aromatic heterocycles. The highest BCUT2D eigenvalue weighted by Crippen LogP contribution is 2.16. The van der Waals surface area contributed by atoms with Crippen LogP contribution in [0.5, 0.6) is 0 Å². The molecule has 0 aromatic carbocycles. The van der Waals surface area contributed by atoms with Gasteiger partial charge in [-0.25, -0.2) is 13.6 Å². The molecular formula is C11H16N2O2S. The van der Waals surface area contributed by atoms with E-state index in [4.69, 9.17) is 5.14 Å². The summed E-state index contributed by atoms with van der Waals surface area (Å²) < 4.78 is 22.7. The first-order chi connectivity index (χ1) is 7.54. The van der Waals surface area contributed by atoms with Crippen molar-refractivity contribution in [1.82, 2.24) is 4.98 Å². The van der Waals surface area contributed by atoms with Gasteiger partial charge in [0.15, 0.2) is 0 Å². The van der Waals surface area contributed by atoms with Gasteiger partial charge in [0, 0.05) is 12.4 Å². The number of sulfonamides is 1. The van der Waals surface area contributed by atoms with Gasteiger partial charge in [-0.2, -0.15) is 0 Å². The van der Waals surface area contributed by atoms with E-state index in [1.165, 1.54) is 0 Å². The third kappa shape index (κ3) is 4.12. The second-order valence-corrected chi connectivity index (χ2v) is 5.15. The minimum absolute atomic E-state index is 0.278. The number of nitrogens with two attached hydrogens (primary N) is 1. The molecule has 88 valence electrons. The summed E-state index contributed by atoms with van der Waals surface area (Å²) in [7, 11) is -3.59. The Bertz CT molecular complexity index is 452. The van der Waals surface area contributed by atoms with Crippen molar-refractivity contribution in [2.24, 2.45) is 5.14 Å². The van der Waals surface area contributed by atoms with Gasteiger partial charge in [0.1, 0.15) is 0 Å². The van der Waals surface area contributed by atoms with Crippen molar-refractivity contribution in [3.05, 3.63) is 35.0 Å². The van der Waals surface area contributed by atoms with Crippen LogP contribution in [-0.2, 0) is 10.0 Å². The molecule has 0 saturated heterocycles. The Morgan fingerprint density at radius 3 is 2.56 bits per heavy atom. The molecule has 2 N–H and O–H groups in total. The SMILES string of the molecule is CCCCC(=Cc1ccncc1)S(N)(=O)=O. The minimum atomic E-state index is -3.59. The summed E-state index contributed by atoms with van der Waals surface area (Å²) in [6.07, 6.45) is 7.07. The van der Waals surface area contributed by atoms with Crippen LogP contribution >= 0.6 is 0 Å². The number of nitrogens with zero attached hydrogens (tertiary/aromatic N) is 1. The standard InChI is InChI=1S/C11H16N2O2S/c1-2-3-4-11(16(12,14)15)9-10-5-7-13-8-6-10/h5-9H,2-4H2,1H3,(H2,12,14,15). The molecule has 1 rings (SSSR count). The Morgan fingerprint density at radius 1 is 1.44 bits per heavy atom. The van der Waals surface area contributed by atoms with Crippen LogP contribution in [0.25, 0.3) is 6.08 Å². The van der Waals surface area contributed by atoms with Crippen molar-refractivity contribution >= 4 is 16.1 Å². The largest absolute Gasteiger partial charge is 0.265 e. The van der Waals surface area contributed by atoms with Crippen LogP contribution in [0.1, 0.15) is 31.7 Å². The smallest absolute Gasteiger partial charge is 0.234 e. The number of pyridine rings is 1. The molecule has 1 heterocycles. The molecule has 0 bridgehead atoms. The Balaban J connectivity index is 2.98. The van der Waals surface area contributed by atoms with E-state index in [-0.39, 0.29) is 4.91 Å². The summed E-state index contributed by atoms with van der Waals surface area (Å²) >= 11 is 0. The molecule has 0 atom stereocenters. The summed E-state index contributed by atoms with van der Waals surface area (Å²) in [4.78, 5) is 4.15. The molecule has 0 amide bonds. The van der Waals surface area contributed by atoms with E-state index in [9.17, 15) is 8.42 Å². The monoisotopic (exact) mass is 240 g/mol. The van der Waals surface area contributed by atoms with Crippen LogP contribution in [0.4, 0.5) is 0 Å². The van der Waals surface area contributed by atoms with Crippen LogP contribution in [0, 0.1) is 0 Å². The lowest BCUT2D eigenvalue weighted by molar-refractivity contribution is 0.601. The Kier molecular flexibility index (Phi) is 4.64. The zero-order chi connectivity index (χ0) is 12.0. The molecule has 0 aliphatic carbocycles. The summed E-state index contributed by atoms with van der Waals surface area (Å²) in [6.45, 7) is 2.01. The average Bonchev–Trinajstić information content (AvgIpc) is 2.24. The molecule has 0 unspecified atom stereocenters. The molecule has 0 aliphatic heterocycles. The maximum Gasteiger partial charge on any atom is 0.234 e. The number of hydrogen-bond acceptors (Lipinski definition) is 3. The maximum absolute atomic E-state index is 11.3. The van der Waals surface area contributed by atoms with Gasteiger partial charge in [-0.15, -0.1) is 0 Å². The van der Waals surface area contributed by atoms with Gasteiger partial charge in [0.25, 0.3) is 0 Å². The number of allylic oxidation sites excluding steroid dienone is 1. The van der Waals surface area contributed by atoms with E-state index in [2.05, 4.69) is 4.98 Å². The van der Waals surface area contributed by atoms with Gasteiger partial charge >= 0.3 is 0 Å². The number of primary sulfonamides is 1. The highest BCUT2D eigenvalue weighted by Gasteiger charge is 2.11. The van der Waals surface area contributed by atoms with E-state index in [1.807, 2.05) is 6.92 Å². The highest BCUT2D eigenvalue weighted by molar-refractivity contribution is 7.93. The Labute approximate surface area is 96.3 Å². The quantitative estimate of drug-likeness (QED) is 0.854. The zero-order valence-electron chi connectivity index (χ0n) is 9.26. The van der Waals surface area contributed by atoms with Crippen LogP contribution in [0.15, 0.2) is 29.4 Å². The fraction of sp³-hybridized carbons (Fsp3) is 0.364. The number of aromatic nitrogens is 1. The van der Waals surface area contributed by atoms with Crippen molar-refractivity contribution < 1.29 is 8.42 Å². The van der Waals surface area contributed by atoms with Crippen molar-refractivity contribution in [1.29, 1.82) is 0 Å². The van der Waals surface area contributed by atoms with Crippen molar-refractivity contribution in [2.45, 2.75) is 26.2 Å². The van der Waals surface area contributed by atoms with E-state index in [0.29, 0.717) is 6.42 Å². The first kappa shape index (κ1) is 12.9. The Hall–Kier alpha value is -1.20. The van der Waals surface area contributed by atoms with E-state index in [0.717, 1.165) is 18.4 Å². The zero-order valence-corrected chi connectivity index (χ0v) is 10.1. The molecule has 0 fully saturated rings. The fourth-order valence-corrected chi connectivity index (χ4v) is 2.02. The minimum Gasteiger partial charge on any atom is -0.265 e. The topological polar surface area (TPSA) is 73.0 Å². The lowest BCUT2D eigenvalue weighted by Crippen LogP contribution is -2.14. The van der Waals surface area contributed by atoms with Crippen molar-refractivity contribution in [3.8, 4) is 0 Å². The van der Waals surface area contributed by atoms with Gasteiger partial charge in [-0.1, -0.05) is 13.3 Å². The van der Waals surface area contributed by atoms with Crippen LogP contribution in [0.3, 0.4) is 0 Å². The summed E-state index contributed by atoms with van der Waals surface area (Å²) in [5.41, 5.74) is 0.801. The van der Waals surface area contributed by atoms with Gasteiger partial charge in [-0.3, -0.25) is 4.98 Å². The van der Waals surface area contributed by atoms with Crippen LogP contribution < -0.4 is 5.14 Å². The maximum atomic E-state index is 11.3. The van der Waals surface area contributed by atoms with Crippen LogP contribution in [-0.4, -0.2) is 13.4 Å². The van der Waals surface area contributed by atoms with Gasteiger partial charge in [0.2, 0.25) is 10.0 Å². The average molecular weight is 240 g/mol. The third-order valence-corrected chi connectivity index (χ3v) is 3.23. The number of hydrogen-bond donors (Lipinski definition) is 1. The molecule has 1 aromatic rings. The van der Waals surface area contributed by atoms with Gasteiger partial charge in [0.05, 0.1) is 4.91 Å². The van der Waals surface area contributed by atoms with Gasteiger partial charge in [-0.05, 0) is 36.6 Å². The number of rotatable bonds is 5. The fourth-order valence-electron chi connectivity index (χ4n) is 1.29. The Morgan fingerprint density at radius 2 is 2.06 bits per heavy atom. The van der Waals surface area contributed by atoms with Crippen LogP contribution in [0.2, 0.25) is 0 Å². The predicted octanol–water partition coefficient (Wildman–Crippen LogP) is 1.90. The molecule has 5 heteroatoms. The summed E-state index contributed by atoms with van der Waals surface area (Å²) in [5, 5.41) is 5.16. The van der Waals surface area contributed by atoms with Crippen molar-refractivity contribution in [3.63, 3.8) is 0 Å². The molecule has 0 radical (unpaired) electrons. The first-order valence-electron chi connectivity index (χ1n) is 5.17. The van der Waals surface area contributed by atoms with E-state index < -0.39 is 10.0 Å². The molecule has 0 aliphatic rings. The third-order valence-electron chi connectivity index (χ3n) is 2.18. The summed E-state index contributed by atoms with van der Waals surface area (Å²) in [6, 6.07) is 3.49.